The van der Waals surface area contributed by atoms with Crippen LogP contribution in [-0.2, 0) is 55.8 Å². The van der Waals surface area contributed by atoms with E-state index in [-0.39, 0.29) is 38.9 Å². The summed E-state index contributed by atoms with van der Waals surface area (Å²) in [6, 6.07) is 16.4. The van der Waals surface area contributed by atoms with E-state index >= 15 is 0 Å². The molecular formula is C37H41ClN4O9. The number of hydrogen-bond acceptors (Lipinski definition) is 9. The van der Waals surface area contributed by atoms with Crippen molar-refractivity contribution in [3.05, 3.63) is 83.0 Å². The number of carbonyl (C=O) groups is 6. The molecule has 0 unspecified atom stereocenters. The molecule has 0 radical (unpaired) electrons. The summed E-state index contributed by atoms with van der Waals surface area (Å²) < 4.78 is 14.8. The highest BCUT2D eigenvalue weighted by molar-refractivity contribution is 6.31. The van der Waals surface area contributed by atoms with Crippen LogP contribution in [0, 0.1) is 0 Å². The average molecular weight is 721 g/mol. The van der Waals surface area contributed by atoms with E-state index in [1.54, 1.807) is 38.1 Å². The third-order valence-electron chi connectivity index (χ3n) is 7.95. The molecule has 0 bridgehead atoms. The van der Waals surface area contributed by atoms with Crippen LogP contribution < -0.4 is 16.0 Å². The van der Waals surface area contributed by atoms with E-state index in [1.165, 1.54) is 0 Å². The number of aromatic nitrogens is 1. The summed E-state index contributed by atoms with van der Waals surface area (Å²) in [5.41, 5.74) is 2.10. The predicted octanol–water partition coefficient (Wildman–Crippen LogP) is 3.68. The number of methoxy groups -OCH3 is 1. The van der Waals surface area contributed by atoms with Crippen LogP contribution in [0.2, 0.25) is 5.02 Å². The van der Waals surface area contributed by atoms with Crippen LogP contribution in [-0.4, -0.2) is 79.1 Å². The van der Waals surface area contributed by atoms with E-state index in [0.29, 0.717) is 10.7 Å². The molecule has 270 valence electrons. The molecule has 3 atom stereocenters. The SMILES string of the molecule is CCOC(=O)CC[C@H](NC(=O)[C@H](CC(=O)OCC)NC(=O)[C@H](Cc1ccc2ccccc2c1)NC(=O)Cc1cc2cc(Cl)ccc2[nH]1)C(=O)OC. The fourth-order valence-electron chi connectivity index (χ4n) is 5.51. The smallest absolute Gasteiger partial charge is 0.328 e. The molecule has 4 aromatic rings. The first-order valence-corrected chi connectivity index (χ1v) is 16.9. The lowest BCUT2D eigenvalue weighted by Gasteiger charge is -2.24. The number of fused-ring (bicyclic) bond motifs is 2. The van der Waals surface area contributed by atoms with Gasteiger partial charge in [-0.3, -0.25) is 24.0 Å². The lowest BCUT2D eigenvalue weighted by atomic mass is 10.0. The van der Waals surface area contributed by atoms with E-state index in [9.17, 15) is 28.8 Å². The van der Waals surface area contributed by atoms with E-state index in [4.69, 9.17) is 25.8 Å². The van der Waals surface area contributed by atoms with Gasteiger partial charge in [0, 0.05) is 34.5 Å². The van der Waals surface area contributed by atoms with Crippen molar-refractivity contribution in [3.8, 4) is 0 Å². The first kappa shape index (κ1) is 38.4. The number of H-pyrrole nitrogens is 1. The van der Waals surface area contributed by atoms with Gasteiger partial charge in [0.1, 0.15) is 18.1 Å². The Bertz CT molecular complexity index is 1890. The predicted molar refractivity (Wildman–Crippen MR) is 190 cm³/mol. The summed E-state index contributed by atoms with van der Waals surface area (Å²) in [7, 11) is 1.12. The molecule has 1 aromatic heterocycles. The largest absolute Gasteiger partial charge is 0.467 e. The standard InChI is InChI=1S/C37H41ClN4O9/c1-4-50-33(44)15-14-29(37(48)49-3)41-36(47)31(21-34(45)51-5-2)42-35(46)30(17-22-10-11-23-8-6-7-9-24(23)16-22)40-32(43)20-27-19-25-18-26(38)12-13-28(25)39-27/h6-13,16,18-19,29-31,39H,4-5,14-15,17,20-21H2,1-3H3,(H,40,43)(H,41,47)(H,42,46)/t29-,30-,31-/m0/s1. The zero-order valence-corrected chi connectivity index (χ0v) is 29.3. The monoisotopic (exact) mass is 720 g/mol. The van der Waals surface area contributed by atoms with Gasteiger partial charge >= 0.3 is 17.9 Å². The van der Waals surface area contributed by atoms with Gasteiger partial charge in [0.15, 0.2) is 0 Å². The number of amides is 3. The minimum Gasteiger partial charge on any atom is -0.467 e. The van der Waals surface area contributed by atoms with Crippen molar-refractivity contribution in [2.24, 2.45) is 0 Å². The molecule has 0 fully saturated rings. The van der Waals surface area contributed by atoms with Crippen LogP contribution in [0.5, 0.6) is 0 Å². The van der Waals surface area contributed by atoms with Crippen molar-refractivity contribution in [1.29, 1.82) is 0 Å². The zero-order chi connectivity index (χ0) is 36.9. The van der Waals surface area contributed by atoms with Gasteiger partial charge in [-0.05, 0) is 60.9 Å². The van der Waals surface area contributed by atoms with Crippen LogP contribution in [0.1, 0.15) is 44.4 Å². The van der Waals surface area contributed by atoms with E-state index < -0.39 is 60.2 Å². The Morgan fingerprint density at radius 1 is 0.745 bits per heavy atom. The maximum absolute atomic E-state index is 14.0. The molecular weight excluding hydrogens is 680 g/mol. The van der Waals surface area contributed by atoms with Gasteiger partial charge < -0.3 is 35.1 Å². The first-order chi connectivity index (χ1) is 24.5. The minimum absolute atomic E-state index is 0.0199. The molecule has 1 heterocycles. The van der Waals surface area contributed by atoms with Gasteiger partial charge in [-0.2, -0.15) is 0 Å². The van der Waals surface area contributed by atoms with Gasteiger partial charge in [0.25, 0.3) is 0 Å². The number of rotatable bonds is 17. The Morgan fingerprint density at radius 3 is 2.16 bits per heavy atom. The molecule has 0 spiro atoms. The number of esters is 3. The van der Waals surface area contributed by atoms with E-state index in [1.807, 2.05) is 42.5 Å². The molecule has 13 nitrogen and oxygen atoms in total. The highest BCUT2D eigenvalue weighted by Crippen LogP contribution is 2.21. The number of hydrogen-bond donors (Lipinski definition) is 4. The summed E-state index contributed by atoms with van der Waals surface area (Å²) >= 11 is 6.12. The molecule has 4 N–H and O–H groups in total. The maximum atomic E-state index is 14.0. The highest BCUT2D eigenvalue weighted by atomic mass is 35.5. The number of aromatic amines is 1. The van der Waals surface area contributed by atoms with Crippen molar-refractivity contribution in [2.75, 3.05) is 20.3 Å². The molecule has 0 aliphatic carbocycles. The van der Waals surface area contributed by atoms with Crippen molar-refractivity contribution >= 4 is 68.9 Å². The summed E-state index contributed by atoms with van der Waals surface area (Å²) in [6.45, 7) is 3.38. The Morgan fingerprint density at radius 2 is 1.43 bits per heavy atom. The molecule has 14 heteroatoms. The van der Waals surface area contributed by atoms with Crippen LogP contribution in [0.3, 0.4) is 0 Å². The normalized spacial score (nSPS) is 12.7. The average Bonchev–Trinajstić information content (AvgIpc) is 3.50. The van der Waals surface area contributed by atoms with Crippen molar-refractivity contribution in [3.63, 3.8) is 0 Å². The molecule has 3 aromatic carbocycles. The van der Waals surface area contributed by atoms with Crippen LogP contribution >= 0.6 is 11.6 Å². The van der Waals surface area contributed by atoms with E-state index in [0.717, 1.165) is 34.3 Å². The number of nitrogens with one attached hydrogen (secondary N) is 4. The second-order valence-corrected chi connectivity index (χ2v) is 12.1. The molecule has 51 heavy (non-hydrogen) atoms. The van der Waals surface area contributed by atoms with Crippen LogP contribution in [0.25, 0.3) is 21.7 Å². The highest BCUT2D eigenvalue weighted by Gasteiger charge is 2.32. The minimum atomic E-state index is -1.51. The Hall–Kier alpha value is -5.43. The lowest BCUT2D eigenvalue weighted by molar-refractivity contribution is -0.148. The van der Waals surface area contributed by atoms with Crippen LogP contribution in [0.4, 0.5) is 0 Å². The fraction of sp³-hybridized carbons (Fsp3) is 0.351. The summed E-state index contributed by atoms with van der Waals surface area (Å²) in [5, 5.41) is 11.1. The zero-order valence-electron chi connectivity index (χ0n) is 28.6. The molecule has 0 aliphatic rings. The molecule has 0 aliphatic heterocycles. The Labute approximate surface area is 299 Å². The summed E-state index contributed by atoms with van der Waals surface area (Å²) in [6.07, 6.45) is -0.986. The van der Waals surface area contributed by atoms with Crippen molar-refractivity contribution in [1.82, 2.24) is 20.9 Å². The van der Waals surface area contributed by atoms with Gasteiger partial charge in [-0.25, -0.2) is 4.79 Å². The second kappa shape index (κ2) is 18.5. The van der Waals surface area contributed by atoms with Crippen LogP contribution in [0.15, 0.2) is 66.7 Å². The molecule has 0 saturated carbocycles. The first-order valence-electron chi connectivity index (χ1n) is 16.5. The number of carbonyl (C=O) groups excluding carboxylic acids is 6. The third kappa shape index (κ3) is 11.3. The van der Waals surface area contributed by atoms with Crippen molar-refractivity contribution < 1.29 is 43.0 Å². The van der Waals surface area contributed by atoms with Crippen molar-refractivity contribution in [2.45, 2.75) is 64.1 Å². The van der Waals surface area contributed by atoms with Gasteiger partial charge in [0.05, 0.1) is 33.2 Å². The Kier molecular flexibility index (Phi) is 13.9. The summed E-state index contributed by atoms with van der Waals surface area (Å²) in [4.78, 5) is 81.1. The second-order valence-electron chi connectivity index (χ2n) is 11.7. The lowest BCUT2D eigenvalue weighted by Crippen LogP contribution is -2.57. The third-order valence-corrected chi connectivity index (χ3v) is 8.18. The van der Waals surface area contributed by atoms with Gasteiger partial charge in [-0.1, -0.05) is 54.1 Å². The molecule has 0 saturated heterocycles. The maximum Gasteiger partial charge on any atom is 0.328 e. The topological polar surface area (TPSA) is 182 Å². The van der Waals surface area contributed by atoms with E-state index in [2.05, 4.69) is 20.9 Å². The molecule has 3 amide bonds. The van der Waals surface area contributed by atoms with Gasteiger partial charge in [-0.15, -0.1) is 0 Å². The fourth-order valence-corrected chi connectivity index (χ4v) is 5.70. The number of ether oxygens (including phenoxy) is 3. The summed E-state index contributed by atoms with van der Waals surface area (Å²) in [5.74, 6) is -4.35. The van der Waals surface area contributed by atoms with Gasteiger partial charge in [0.2, 0.25) is 17.7 Å². The Balaban J connectivity index is 1.57. The molecule has 4 rings (SSSR count). The number of benzene rings is 3. The quantitative estimate of drug-likeness (QED) is 0.0934. The number of halogens is 1.